The Balaban J connectivity index is 1.84. The van der Waals surface area contributed by atoms with E-state index in [-0.39, 0.29) is 11.5 Å². The summed E-state index contributed by atoms with van der Waals surface area (Å²) in [5.41, 5.74) is 2.44. The predicted molar refractivity (Wildman–Crippen MR) is 113 cm³/mol. The van der Waals surface area contributed by atoms with E-state index in [0.29, 0.717) is 22.4 Å². The Hall–Kier alpha value is -3.22. The molecule has 0 spiro atoms. The van der Waals surface area contributed by atoms with Crippen molar-refractivity contribution in [2.24, 2.45) is 0 Å². The van der Waals surface area contributed by atoms with Gasteiger partial charge in [-0.25, -0.2) is 4.79 Å². The van der Waals surface area contributed by atoms with Crippen molar-refractivity contribution in [2.45, 2.75) is 53.0 Å². The zero-order chi connectivity index (χ0) is 22.2. The number of carbonyl (C=O) groups excluding carboxylic acids is 4. The minimum absolute atomic E-state index is 0.144. The maximum absolute atomic E-state index is 13.1. The second-order valence-electron chi connectivity index (χ2n) is 8.00. The Bertz CT molecular complexity index is 1040. The molecule has 1 fully saturated rings. The highest BCUT2D eigenvalue weighted by molar-refractivity contribution is 6.12. The van der Waals surface area contributed by atoms with E-state index >= 15 is 0 Å². The Morgan fingerprint density at radius 1 is 1.10 bits per heavy atom. The average molecular weight is 409 g/mol. The van der Waals surface area contributed by atoms with Gasteiger partial charge in [-0.2, -0.15) is 0 Å². The monoisotopic (exact) mass is 409 g/mol. The number of imide groups is 1. The summed E-state index contributed by atoms with van der Waals surface area (Å²) in [5.74, 6) is -1.04. The number of rotatable bonds is 7. The highest BCUT2D eigenvalue weighted by Gasteiger charge is 2.49. The van der Waals surface area contributed by atoms with Crippen LogP contribution in [-0.4, -0.2) is 39.9 Å². The molecule has 2 N–H and O–H groups in total. The van der Waals surface area contributed by atoms with Gasteiger partial charge in [0.15, 0.2) is 11.6 Å². The average Bonchev–Trinajstić information content (AvgIpc) is 3.10. The largest absolute Gasteiger partial charge is 0.355 e. The molecule has 158 valence electrons. The molecule has 0 radical (unpaired) electrons. The van der Waals surface area contributed by atoms with Gasteiger partial charge in [0.25, 0.3) is 5.91 Å². The zero-order valence-electron chi connectivity index (χ0n) is 18.0. The van der Waals surface area contributed by atoms with Gasteiger partial charge in [-0.1, -0.05) is 37.6 Å². The minimum Gasteiger partial charge on any atom is -0.355 e. The maximum atomic E-state index is 13.1. The van der Waals surface area contributed by atoms with Crippen molar-refractivity contribution in [3.8, 4) is 0 Å². The SMILES string of the molecule is CCCc1ccc([C@@]2(C)NC(=O)N(CC(=O)c3[nH]c(C)c(C(C)=O)c3C)C2=O)cc1. The number of hydrogen-bond acceptors (Lipinski definition) is 4. The van der Waals surface area contributed by atoms with Gasteiger partial charge in [0, 0.05) is 11.3 Å². The van der Waals surface area contributed by atoms with E-state index in [2.05, 4.69) is 17.2 Å². The first kappa shape index (κ1) is 21.5. The first-order chi connectivity index (χ1) is 14.1. The lowest BCUT2D eigenvalue weighted by atomic mass is 9.91. The van der Waals surface area contributed by atoms with Gasteiger partial charge in [0.05, 0.1) is 12.2 Å². The Kier molecular flexibility index (Phi) is 5.65. The van der Waals surface area contributed by atoms with Crippen LogP contribution in [0.25, 0.3) is 0 Å². The van der Waals surface area contributed by atoms with Crippen molar-refractivity contribution in [3.63, 3.8) is 0 Å². The summed E-state index contributed by atoms with van der Waals surface area (Å²) >= 11 is 0. The van der Waals surface area contributed by atoms with Gasteiger partial charge >= 0.3 is 6.03 Å². The minimum atomic E-state index is -1.23. The molecule has 1 aliphatic heterocycles. The molecular weight excluding hydrogens is 382 g/mol. The number of ketones is 2. The van der Waals surface area contributed by atoms with Gasteiger partial charge in [0.2, 0.25) is 0 Å². The number of nitrogens with one attached hydrogen (secondary N) is 2. The number of hydrogen-bond donors (Lipinski definition) is 2. The van der Waals surface area contributed by atoms with E-state index in [4.69, 9.17) is 0 Å². The van der Waals surface area contributed by atoms with Crippen LogP contribution in [0.2, 0.25) is 0 Å². The Labute approximate surface area is 175 Å². The number of aromatic amines is 1. The number of H-pyrrole nitrogens is 1. The third-order valence-corrected chi connectivity index (χ3v) is 5.72. The van der Waals surface area contributed by atoms with Crippen molar-refractivity contribution in [1.82, 2.24) is 15.2 Å². The molecule has 0 aliphatic carbocycles. The highest BCUT2D eigenvalue weighted by Crippen LogP contribution is 2.29. The number of carbonyl (C=O) groups is 4. The lowest BCUT2D eigenvalue weighted by Gasteiger charge is -2.22. The second-order valence-corrected chi connectivity index (χ2v) is 8.00. The zero-order valence-corrected chi connectivity index (χ0v) is 18.0. The summed E-state index contributed by atoms with van der Waals surface area (Å²) in [6.45, 7) is 8.18. The number of urea groups is 1. The summed E-state index contributed by atoms with van der Waals surface area (Å²) in [4.78, 5) is 54.2. The lowest BCUT2D eigenvalue weighted by molar-refractivity contribution is -0.130. The van der Waals surface area contributed by atoms with Crippen molar-refractivity contribution < 1.29 is 19.2 Å². The molecule has 1 aromatic heterocycles. The smallest absolute Gasteiger partial charge is 0.325 e. The predicted octanol–water partition coefficient (Wildman–Crippen LogP) is 3.44. The van der Waals surface area contributed by atoms with Crippen molar-refractivity contribution in [1.29, 1.82) is 0 Å². The first-order valence-electron chi connectivity index (χ1n) is 10.1. The molecule has 3 amide bonds. The summed E-state index contributed by atoms with van der Waals surface area (Å²) < 4.78 is 0. The van der Waals surface area contributed by atoms with E-state index in [1.807, 2.05) is 24.3 Å². The number of aromatic nitrogens is 1. The molecule has 0 saturated carbocycles. The molecule has 0 unspecified atom stereocenters. The first-order valence-corrected chi connectivity index (χ1v) is 10.1. The molecule has 1 atom stereocenters. The topological polar surface area (TPSA) is 99.3 Å². The van der Waals surface area contributed by atoms with Gasteiger partial charge in [-0.05, 0) is 50.8 Å². The van der Waals surface area contributed by atoms with Crippen LogP contribution >= 0.6 is 0 Å². The molecule has 30 heavy (non-hydrogen) atoms. The van der Waals surface area contributed by atoms with Crippen LogP contribution in [0.1, 0.15) is 70.4 Å². The molecule has 1 aliphatic rings. The number of benzene rings is 1. The van der Waals surface area contributed by atoms with Crippen LogP contribution < -0.4 is 5.32 Å². The van der Waals surface area contributed by atoms with Crippen molar-refractivity contribution in [3.05, 3.63) is 57.9 Å². The summed E-state index contributed by atoms with van der Waals surface area (Å²) in [5, 5.41) is 2.73. The molecule has 3 rings (SSSR count). The van der Waals surface area contributed by atoms with Crippen LogP contribution in [-0.2, 0) is 16.8 Å². The quantitative estimate of drug-likeness (QED) is 0.540. The van der Waals surface area contributed by atoms with Gasteiger partial charge < -0.3 is 10.3 Å². The summed E-state index contributed by atoms with van der Waals surface area (Å²) in [6.07, 6.45) is 1.96. The molecule has 0 bridgehead atoms. The van der Waals surface area contributed by atoms with Crippen molar-refractivity contribution >= 4 is 23.5 Å². The molecule has 7 heteroatoms. The van der Waals surface area contributed by atoms with Crippen LogP contribution in [0.15, 0.2) is 24.3 Å². The van der Waals surface area contributed by atoms with Crippen molar-refractivity contribution in [2.75, 3.05) is 6.54 Å². The van der Waals surface area contributed by atoms with Crippen LogP contribution in [0.5, 0.6) is 0 Å². The Morgan fingerprint density at radius 2 is 1.73 bits per heavy atom. The number of aryl methyl sites for hydroxylation is 2. The van der Waals surface area contributed by atoms with Crippen LogP contribution in [0, 0.1) is 13.8 Å². The van der Waals surface area contributed by atoms with Gasteiger partial charge in [0.1, 0.15) is 5.54 Å². The molecule has 2 aromatic rings. The fraction of sp³-hybridized carbons (Fsp3) is 0.391. The molecular formula is C23H27N3O4. The van der Waals surface area contributed by atoms with Crippen LogP contribution in [0.3, 0.4) is 0 Å². The van der Waals surface area contributed by atoms with E-state index in [9.17, 15) is 19.2 Å². The highest BCUT2D eigenvalue weighted by atomic mass is 16.2. The third-order valence-electron chi connectivity index (χ3n) is 5.72. The standard InChI is InChI=1S/C23H27N3O4/c1-6-7-16-8-10-17(11-9-16)23(5)21(29)26(22(30)25-23)12-18(28)20-13(2)19(15(4)27)14(3)24-20/h8-11,24H,6-7,12H2,1-5H3,(H,25,30)/t23-/m1/s1. The summed E-state index contributed by atoms with van der Waals surface area (Å²) in [7, 11) is 0. The lowest BCUT2D eigenvalue weighted by Crippen LogP contribution is -2.41. The second kappa shape index (κ2) is 7.89. The van der Waals surface area contributed by atoms with Gasteiger partial charge in [-0.3, -0.25) is 19.3 Å². The Morgan fingerprint density at radius 3 is 2.27 bits per heavy atom. The number of nitrogens with zero attached hydrogens (tertiary/aromatic N) is 1. The summed E-state index contributed by atoms with van der Waals surface area (Å²) in [6, 6.07) is 6.97. The van der Waals surface area contributed by atoms with E-state index in [0.717, 1.165) is 23.3 Å². The maximum Gasteiger partial charge on any atom is 0.325 e. The molecule has 7 nitrogen and oxygen atoms in total. The van der Waals surface area contributed by atoms with E-state index in [1.54, 1.807) is 20.8 Å². The van der Waals surface area contributed by atoms with Gasteiger partial charge in [-0.15, -0.1) is 0 Å². The van der Waals surface area contributed by atoms with E-state index < -0.39 is 29.8 Å². The van der Waals surface area contributed by atoms with E-state index in [1.165, 1.54) is 6.92 Å². The fourth-order valence-corrected chi connectivity index (χ4v) is 4.11. The molecule has 1 saturated heterocycles. The number of amides is 3. The molecule has 1 aromatic carbocycles. The van der Waals surface area contributed by atoms with Crippen LogP contribution in [0.4, 0.5) is 4.79 Å². The third kappa shape index (κ3) is 3.56. The normalized spacial score (nSPS) is 18.6. The number of Topliss-reactive ketones (excluding diaryl/α,β-unsaturated/α-hetero) is 2. The molecule has 2 heterocycles. The fourth-order valence-electron chi connectivity index (χ4n) is 4.11.